The Kier molecular flexibility index (Phi) is 7.96. The highest BCUT2D eigenvalue weighted by molar-refractivity contribution is 5.80. The minimum Gasteiger partial charge on any atom is -0.357 e. The molecule has 2 N–H and O–H groups in total. The van der Waals surface area contributed by atoms with Crippen molar-refractivity contribution in [1.82, 2.24) is 20.4 Å². The number of likely N-dealkylation sites (tertiary alicyclic amines) is 2. The van der Waals surface area contributed by atoms with Crippen molar-refractivity contribution in [2.75, 3.05) is 45.8 Å². The lowest BCUT2D eigenvalue weighted by atomic mass is 10.0. The van der Waals surface area contributed by atoms with Gasteiger partial charge in [0.15, 0.2) is 5.96 Å². The number of hydrogen-bond donors (Lipinski definition) is 2. The summed E-state index contributed by atoms with van der Waals surface area (Å²) in [7, 11) is 0. The molecule has 2 aliphatic rings. The predicted octanol–water partition coefficient (Wildman–Crippen LogP) is 2.55. The van der Waals surface area contributed by atoms with Crippen LogP contribution in [0.3, 0.4) is 0 Å². The summed E-state index contributed by atoms with van der Waals surface area (Å²) in [6, 6.07) is 11.3. The minimum atomic E-state index is 0.533. The molecule has 1 atom stereocenters. The quantitative estimate of drug-likeness (QED) is 0.571. The first-order valence-electron chi connectivity index (χ1n) is 10.8. The van der Waals surface area contributed by atoms with Gasteiger partial charge in [-0.05, 0) is 50.8 Å². The van der Waals surface area contributed by atoms with Crippen LogP contribution in [0.4, 0.5) is 0 Å². The maximum Gasteiger partial charge on any atom is 0.191 e. The van der Waals surface area contributed by atoms with Crippen molar-refractivity contribution < 1.29 is 0 Å². The highest BCUT2D eigenvalue weighted by Crippen LogP contribution is 2.16. The number of aliphatic imine (C=N–C) groups is 1. The van der Waals surface area contributed by atoms with E-state index in [1.165, 1.54) is 44.5 Å². The molecule has 1 aromatic rings. The van der Waals surface area contributed by atoms with Crippen molar-refractivity contribution in [2.24, 2.45) is 10.9 Å². The molecule has 0 saturated carbocycles. The second-order valence-electron chi connectivity index (χ2n) is 7.95. The summed E-state index contributed by atoms with van der Waals surface area (Å²) >= 11 is 0. The molecule has 0 spiro atoms. The molecule has 2 heterocycles. The largest absolute Gasteiger partial charge is 0.357 e. The smallest absolute Gasteiger partial charge is 0.191 e. The van der Waals surface area contributed by atoms with Crippen molar-refractivity contribution in [3.8, 4) is 0 Å². The van der Waals surface area contributed by atoms with Gasteiger partial charge in [-0.25, -0.2) is 0 Å². The number of guanidine groups is 1. The second-order valence-corrected chi connectivity index (χ2v) is 7.95. The Morgan fingerprint density at radius 1 is 1.04 bits per heavy atom. The summed E-state index contributed by atoms with van der Waals surface area (Å²) in [6.45, 7) is 13.2. The molecule has 3 rings (SSSR count). The molecule has 150 valence electrons. The Morgan fingerprint density at radius 2 is 1.78 bits per heavy atom. The molecule has 0 aliphatic carbocycles. The van der Waals surface area contributed by atoms with E-state index in [0.29, 0.717) is 12.0 Å². The summed E-state index contributed by atoms with van der Waals surface area (Å²) in [5, 5.41) is 7.13. The minimum absolute atomic E-state index is 0.533. The van der Waals surface area contributed by atoms with E-state index in [0.717, 1.165) is 38.7 Å². The third-order valence-corrected chi connectivity index (χ3v) is 5.85. The lowest BCUT2D eigenvalue weighted by molar-refractivity contribution is 0.198. The van der Waals surface area contributed by atoms with Crippen LogP contribution >= 0.6 is 0 Å². The van der Waals surface area contributed by atoms with Gasteiger partial charge in [0.1, 0.15) is 0 Å². The fraction of sp³-hybridized carbons (Fsp3) is 0.682. The topological polar surface area (TPSA) is 42.9 Å². The van der Waals surface area contributed by atoms with Crippen molar-refractivity contribution in [3.05, 3.63) is 35.9 Å². The number of nitrogens with one attached hydrogen (secondary N) is 2. The van der Waals surface area contributed by atoms with Crippen molar-refractivity contribution in [3.63, 3.8) is 0 Å². The summed E-state index contributed by atoms with van der Waals surface area (Å²) < 4.78 is 0. The Balaban J connectivity index is 1.43. The van der Waals surface area contributed by atoms with Gasteiger partial charge in [0.25, 0.3) is 0 Å². The molecule has 1 unspecified atom stereocenters. The molecule has 5 nitrogen and oxygen atoms in total. The fourth-order valence-corrected chi connectivity index (χ4v) is 4.16. The zero-order valence-electron chi connectivity index (χ0n) is 17.2. The van der Waals surface area contributed by atoms with Crippen LogP contribution in [0.25, 0.3) is 0 Å². The fourth-order valence-electron chi connectivity index (χ4n) is 4.16. The third-order valence-electron chi connectivity index (χ3n) is 5.85. The van der Waals surface area contributed by atoms with Crippen LogP contribution in [0, 0.1) is 5.92 Å². The third kappa shape index (κ3) is 6.51. The molecule has 0 aromatic heterocycles. The van der Waals surface area contributed by atoms with E-state index in [4.69, 9.17) is 4.99 Å². The SMILES string of the molecule is CCNC(=NCC1CCN(CC)C1)NC1CCN(Cc2ccccc2)CC1. The molecule has 2 aliphatic heterocycles. The highest BCUT2D eigenvalue weighted by atomic mass is 15.2. The maximum atomic E-state index is 4.90. The Labute approximate surface area is 165 Å². The van der Waals surface area contributed by atoms with Crippen molar-refractivity contribution in [2.45, 2.75) is 45.7 Å². The van der Waals surface area contributed by atoms with E-state index >= 15 is 0 Å². The van der Waals surface area contributed by atoms with Crippen LogP contribution in [-0.4, -0.2) is 67.6 Å². The average Bonchev–Trinajstić information content (AvgIpc) is 3.17. The van der Waals surface area contributed by atoms with Gasteiger partial charge in [0, 0.05) is 45.3 Å². The number of hydrogen-bond acceptors (Lipinski definition) is 3. The first-order valence-corrected chi connectivity index (χ1v) is 10.8. The summed E-state index contributed by atoms with van der Waals surface area (Å²) in [6.07, 6.45) is 3.66. The van der Waals surface area contributed by atoms with E-state index < -0.39 is 0 Å². The van der Waals surface area contributed by atoms with E-state index in [1.807, 2.05) is 0 Å². The molecular formula is C22H37N5. The van der Waals surface area contributed by atoms with Gasteiger partial charge in [-0.15, -0.1) is 0 Å². The molecule has 2 fully saturated rings. The highest BCUT2D eigenvalue weighted by Gasteiger charge is 2.22. The lowest BCUT2D eigenvalue weighted by Crippen LogP contribution is -2.48. The van der Waals surface area contributed by atoms with Crippen LogP contribution in [0.2, 0.25) is 0 Å². The van der Waals surface area contributed by atoms with Crippen LogP contribution in [0.5, 0.6) is 0 Å². The second kappa shape index (κ2) is 10.7. The van der Waals surface area contributed by atoms with Crippen molar-refractivity contribution in [1.29, 1.82) is 0 Å². The van der Waals surface area contributed by atoms with Gasteiger partial charge in [-0.1, -0.05) is 37.3 Å². The standard InChI is InChI=1S/C22H37N5/c1-3-23-22(24-16-20-10-13-26(4-2)18-20)25-21-11-14-27(15-12-21)17-19-8-6-5-7-9-19/h5-9,20-21H,3-4,10-18H2,1-2H3,(H2,23,24,25). The molecule has 27 heavy (non-hydrogen) atoms. The normalized spacial score (nSPS) is 22.9. The molecule has 0 amide bonds. The monoisotopic (exact) mass is 371 g/mol. The first kappa shape index (κ1) is 20.2. The van der Waals surface area contributed by atoms with Crippen LogP contribution in [0.1, 0.15) is 38.7 Å². The van der Waals surface area contributed by atoms with Crippen LogP contribution < -0.4 is 10.6 Å². The van der Waals surface area contributed by atoms with E-state index in [2.05, 4.69) is 64.6 Å². The van der Waals surface area contributed by atoms with Gasteiger partial charge in [-0.3, -0.25) is 9.89 Å². The summed E-state index contributed by atoms with van der Waals surface area (Å²) in [5.74, 6) is 1.72. The number of rotatable bonds is 7. The summed E-state index contributed by atoms with van der Waals surface area (Å²) in [5.41, 5.74) is 1.41. The Hall–Kier alpha value is -1.59. The Bertz CT molecular complexity index is 565. The van der Waals surface area contributed by atoms with E-state index in [-0.39, 0.29) is 0 Å². The van der Waals surface area contributed by atoms with Gasteiger partial charge in [0.2, 0.25) is 0 Å². The van der Waals surface area contributed by atoms with Gasteiger partial charge in [0.05, 0.1) is 0 Å². The van der Waals surface area contributed by atoms with Gasteiger partial charge in [-0.2, -0.15) is 0 Å². The zero-order chi connectivity index (χ0) is 18.9. The predicted molar refractivity (Wildman–Crippen MR) is 114 cm³/mol. The zero-order valence-corrected chi connectivity index (χ0v) is 17.2. The van der Waals surface area contributed by atoms with E-state index in [9.17, 15) is 0 Å². The molecule has 5 heteroatoms. The van der Waals surface area contributed by atoms with E-state index in [1.54, 1.807) is 0 Å². The molecule has 0 radical (unpaired) electrons. The summed E-state index contributed by atoms with van der Waals surface area (Å²) in [4.78, 5) is 9.99. The average molecular weight is 372 g/mol. The Morgan fingerprint density at radius 3 is 2.44 bits per heavy atom. The molecule has 0 bridgehead atoms. The van der Waals surface area contributed by atoms with Crippen LogP contribution in [-0.2, 0) is 6.54 Å². The van der Waals surface area contributed by atoms with Crippen LogP contribution in [0.15, 0.2) is 35.3 Å². The number of piperidine rings is 1. The number of nitrogens with zero attached hydrogens (tertiary/aromatic N) is 3. The molecule has 1 aromatic carbocycles. The van der Waals surface area contributed by atoms with Gasteiger partial charge >= 0.3 is 0 Å². The number of benzene rings is 1. The van der Waals surface area contributed by atoms with Crippen molar-refractivity contribution >= 4 is 5.96 Å². The molecular weight excluding hydrogens is 334 g/mol. The van der Waals surface area contributed by atoms with Gasteiger partial charge < -0.3 is 15.5 Å². The maximum absolute atomic E-state index is 4.90. The molecule has 2 saturated heterocycles. The lowest BCUT2D eigenvalue weighted by Gasteiger charge is -2.33. The first-order chi connectivity index (χ1) is 13.3.